The van der Waals surface area contributed by atoms with Crippen LogP contribution in [-0.4, -0.2) is 10.5 Å². The second kappa shape index (κ2) is 5.05. The third-order valence-corrected chi connectivity index (χ3v) is 3.55. The first kappa shape index (κ1) is 13.4. The number of hydrogen-bond donors (Lipinski definition) is 1. The minimum absolute atomic E-state index is 0.184. The summed E-state index contributed by atoms with van der Waals surface area (Å²) in [4.78, 5) is 12.3. The molecule has 0 aliphatic carbocycles. The van der Waals surface area contributed by atoms with E-state index in [4.69, 9.17) is 0 Å². The van der Waals surface area contributed by atoms with E-state index in [1.165, 1.54) is 6.07 Å². The fourth-order valence-corrected chi connectivity index (χ4v) is 2.44. The van der Waals surface area contributed by atoms with E-state index in [0.29, 0.717) is 5.69 Å². The predicted octanol–water partition coefficient (Wildman–Crippen LogP) is 3.88. The van der Waals surface area contributed by atoms with Gasteiger partial charge in [0, 0.05) is 18.0 Å². The third kappa shape index (κ3) is 2.40. The Balaban J connectivity index is 1.98. The molecule has 21 heavy (non-hydrogen) atoms. The van der Waals surface area contributed by atoms with E-state index in [9.17, 15) is 9.18 Å². The van der Waals surface area contributed by atoms with Crippen LogP contribution >= 0.6 is 0 Å². The molecule has 1 amide bonds. The van der Waals surface area contributed by atoms with Crippen LogP contribution in [0.4, 0.5) is 10.1 Å². The molecule has 0 unspecified atom stereocenters. The molecule has 0 aliphatic heterocycles. The molecule has 3 aromatic rings. The molecule has 106 valence electrons. The number of halogens is 1. The van der Waals surface area contributed by atoms with Crippen molar-refractivity contribution >= 4 is 22.5 Å². The van der Waals surface area contributed by atoms with Crippen LogP contribution in [-0.2, 0) is 7.05 Å². The molecular formula is C17H15FN2O. The highest BCUT2D eigenvalue weighted by atomic mass is 19.1. The first-order valence-corrected chi connectivity index (χ1v) is 6.68. The Bertz CT molecular complexity index is 836. The number of aromatic nitrogens is 1. The Morgan fingerprint density at radius 1 is 1.14 bits per heavy atom. The monoisotopic (exact) mass is 282 g/mol. The minimum atomic E-state index is -0.444. The van der Waals surface area contributed by atoms with Crippen molar-refractivity contribution in [1.29, 1.82) is 0 Å². The molecule has 4 heteroatoms. The third-order valence-electron chi connectivity index (χ3n) is 3.55. The van der Waals surface area contributed by atoms with Crippen molar-refractivity contribution in [2.24, 2.45) is 7.05 Å². The molecule has 0 bridgehead atoms. The van der Waals surface area contributed by atoms with Crippen LogP contribution in [0.2, 0.25) is 0 Å². The van der Waals surface area contributed by atoms with Crippen LogP contribution < -0.4 is 5.32 Å². The maximum Gasteiger partial charge on any atom is 0.272 e. The van der Waals surface area contributed by atoms with E-state index in [-0.39, 0.29) is 11.6 Å². The lowest BCUT2D eigenvalue weighted by atomic mass is 10.2. The molecule has 0 fully saturated rings. The summed E-state index contributed by atoms with van der Waals surface area (Å²) in [5.74, 6) is -0.767. The molecule has 0 radical (unpaired) electrons. The smallest absolute Gasteiger partial charge is 0.272 e. The molecule has 3 nitrogen and oxygen atoms in total. The molecule has 0 saturated carbocycles. The largest absolute Gasteiger partial charge is 0.340 e. The average Bonchev–Trinajstić information content (AvgIpc) is 2.78. The number of carbonyl (C=O) groups excluding carboxylic acids is 1. The Morgan fingerprint density at radius 3 is 2.67 bits per heavy atom. The first-order valence-electron chi connectivity index (χ1n) is 6.68. The van der Waals surface area contributed by atoms with Gasteiger partial charge in [0.25, 0.3) is 5.91 Å². The highest BCUT2D eigenvalue weighted by molar-refractivity contribution is 6.06. The second-order valence-electron chi connectivity index (χ2n) is 5.08. The van der Waals surface area contributed by atoms with Crippen LogP contribution in [0.25, 0.3) is 10.9 Å². The zero-order valence-electron chi connectivity index (χ0n) is 11.9. The Morgan fingerprint density at radius 2 is 1.90 bits per heavy atom. The normalized spacial score (nSPS) is 10.8. The van der Waals surface area contributed by atoms with Crippen molar-refractivity contribution in [3.05, 3.63) is 65.6 Å². The van der Waals surface area contributed by atoms with Gasteiger partial charge in [-0.1, -0.05) is 23.8 Å². The van der Waals surface area contributed by atoms with Gasteiger partial charge in [0.15, 0.2) is 0 Å². The van der Waals surface area contributed by atoms with Gasteiger partial charge in [0.05, 0.1) is 5.69 Å². The van der Waals surface area contributed by atoms with Crippen molar-refractivity contribution in [3.8, 4) is 0 Å². The summed E-state index contributed by atoms with van der Waals surface area (Å²) in [6.07, 6.45) is 0. The van der Waals surface area contributed by atoms with Gasteiger partial charge >= 0.3 is 0 Å². The first-order chi connectivity index (χ1) is 10.1. The van der Waals surface area contributed by atoms with Gasteiger partial charge in [-0.05, 0) is 37.3 Å². The standard InChI is InChI=1S/C17H15FN2O/c1-11-7-8-15-12(9-11)10-16(20(15)2)17(21)19-14-6-4-3-5-13(14)18/h3-10H,1-2H3,(H,19,21). The van der Waals surface area contributed by atoms with E-state index in [1.807, 2.05) is 42.8 Å². The molecule has 0 saturated heterocycles. The fourth-order valence-electron chi connectivity index (χ4n) is 2.44. The molecule has 0 spiro atoms. The topological polar surface area (TPSA) is 34.0 Å². The summed E-state index contributed by atoms with van der Waals surface area (Å²) < 4.78 is 15.4. The number of fused-ring (bicyclic) bond motifs is 1. The number of aryl methyl sites for hydroxylation is 2. The lowest BCUT2D eigenvalue weighted by Gasteiger charge is -2.07. The van der Waals surface area contributed by atoms with Crippen molar-refractivity contribution in [2.45, 2.75) is 6.92 Å². The van der Waals surface area contributed by atoms with Crippen LogP contribution in [0.15, 0.2) is 48.5 Å². The van der Waals surface area contributed by atoms with Crippen LogP contribution in [0, 0.1) is 12.7 Å². The van der Waals surface area contributed by atoms with E-state index < -0.39 is 5.82 Å². The lowest BCUT2D eigenvalue weighted by molar-refractivity contribution is 0.101. The molecule has 0 aliphatic rings. The number of rotatable bonds is 2. The SMILES string of the molecule is Cc1ccc2c(c1)cc(C(=O)Nc1ccccc1F)n2C. The molecule has 1 heterocycles. The van der Waals surface area contributed by atoms with E-state index in [0.717, 1.165) is 16.5 Å². The Labute approximate surface area is 122 Å². The van der Waals surface area contributed by atoms with Gasteiger partial charge in [0.2, 0.25) is 0 Å². The van der Waals surface area contributed by atoms with Crippen molar-refractivity contribution in [1.82, 2.24) is 4.57 Å². The van der Waals surface area contributed by atoms with Gasteiger partial charge in [-0.3, -0.25) is 4.79 Å². The molecule has 3 rings (SSSR count). The summed E-state index contributed by atoms with van der Waals surface area (Å²) in [5.41, 5.74) is 2.79. The maximum absolute atomic E-state index is 13.6. The Kier molecular flexibility index (Phi) is 3.22. The van der Waals surface area contributed by atoms with Gasteiger partial charge in [-0.25, -0.2) is 4.39 Å². The van der Waals surface area contributed by atoms with Crippen molar-refractivity contribution < 1.29 is 9.18 Å². The zero-order valence-corrected chi connectivity index (χ0v) is 11.9. The van der Waals surface area contributed by atoms with Crippen LogP contribution in [0.5, 0.6) is 0 Å². The number of hydrogen-bond acceptors (Lipinski definition) is 1. The fraction of sp³-hybridized carbons (Fsp3) is 0.118. The summed E-state index contributed by atoms with van der Waals surface area (Å²) >= 11 is 0. The number of anilines is 1. The van der Waals surface area contributed by atoms with Crippen LogP contribution in [0.3, 0.4) is 0 Å². The summed E-state index contributed by atoms with van der Waals surface area (Å²) in [6.45, 7) is 2.01. The number of benzene rings is 2. The van der Waals surface area contributed by atoms with Crippen LogP contribution in [0.1, 0.15) is 16.1 Å². The lowest BCUT2D eigenvalue weighted by Crippen LogP contribution is -2.16. The van der Waals surface area contributed by atoms with Gasteiger partial charge < -0.3 is 9.88 Å². The van der Waals surface area contributed by atoms with E-state index in [2.05, 4.69) is 5.32 Å². The summed E-state index contributed by atoms with van der Waals surface area (Å²) in [6, 6.07) is 14.0. The van der Waals surface area contributed by atoms with E-state index in [1.54, 1.807) is 18.2 Å². The molecule has 0 atom stereocenters. The average molecular weight is 282 g/mol. The quantitative estimate of drug-likeness (QED) is 0.760. The molecule has 1 aromatic heterocycles. The van der Waals surface area contributed by atoms with Crippen molar-refractivity contribution in [2.75, 3.05) is 5.32 Å². The van der Waals surface area contributed by atoms with E-state index >= 15 is 0 Å². The highest BCUT2D eigenvalue weighted by Gasteiger charge is 2.14. The number of nitrogens with one attached hydrogen (secondary N) is 1. The number of amides is 1. The number of carbonyl (C=O) groups is 1. The number of para-hydroxylation sites is 1. The highest BCUT2D eigenvalue weighted by Crippen LogP contribution is 2.21. The number of nitrogens with zero attached hydrogens (tertiary/aromatic N) is 1. The molecular weight excluding hydrogens is 267 g/mol. The van der Waals surface area contributed by atoms with Gasteiger partial charge in [-0.15, -0.1) is 0 Å². The summed E-state index contributed by atoms with van der Waals surface area (Å²) in [7, 11) is 1.83. The van der Waals surface area contributed by atoms with Gasteiger partial charge in [0.1, 0.15) is 11.5 Å². The molecule has 1 N–H and O–H groups in total. The molecule has 2 aromatic carbocycles. The van der Waals surface area contributed by atoms with Gasteiger partial charge in [-0.2, -0.15) is 0 Å². The maximum atomic E-state index is 13.6. The predicted molar refractivity (Wildman–Crippen MR) is 82.0 cm³/mol. The Hall–Kier alpha value is -2.62. The summed E-state index contributed by atoms with van der Waals surface area (Å²) in [5, 5.41) is 3.60. The zero-order chi connectivity index (χ0) is 15.0. The second-order valence-corrected chi connectivity index (χ2v) is 5.08. The minimum Gasteiger partial charge on any atom is -0.340 e. The van der Waals surface area contributed by atoms with Crippen molar-refractivity contribution in [3.63, 3.8) is 0 Å².